The minimum absolute atomic E-state index is 0.169. The Bertz CT molecular complexity index is 756. The molecular formula is C18H23N5O4. The van der Waals surface area contributed by atoms with E-state index in [1.54, 1.807) is 42.1 Å². The molecule has 0 unspecified atom stereocenters. The van der Waals surface area contributed by atoms with Gasteiger partial charge in [0.25, 0.3) is 5.91 Å². The summed E-state index contributed by atoms with van der Waals surface area (Å²) < 4.78 is 5.01. The summed E-state index contributed by atoms with van der Waals surface area (Å²) in [5, 5.41) is 5.47. The molecule has 1 saturated heterocycles. The van der Waals surface area contributed by atoms with E-state index < -0.39 is 6.04 Å². The maximum Gasteiger partial charge on any atom is 0.409 e. The number of nitrogens with one attached hydrogen (secondary N) is 2. The van der Waals surface area contributed by atoms with Crippen molar-refractivity contribution in [2.75, 3.05) is 32.8 Å². The number of carbonyl (C=O) groups excluding carboxylic acids is 3. The second-order valence-corrected chi connectivity index (χ2v) is 6.33. The third kappa shape index (κ3) is 4.02. The molecule has 27 heavy (non-hydrogen) atoms. The van der Waals surface area contributed by atoms with E-state index in [0.29, 0.717) is 44.1 Å². The molecule has 0 aliphatic carbocycles. The maximum absolute atomic E-state index is 13.2. The second kappa shape index (κ2) is 8.07. The number of piperazine rings is 1. The summed E-state index contributed by atoms with van der Waals surface area (Å²) in [5.74, 6) is -0.169. The fourth-order valence-electron chi connectivity index (χ4n) is 3.25. The lowest BCUT2D eigenvalue weighted by Gasteiger charge is -2.37. The minimum atomic E-state index is -0.567. The van der Waals surface area contributed by atoms with Gasteiger partial charge in [0, 0.05) is 44.3 Å². The lowest BCUT2D eigenvalue weighted by Crippen LogP contribution is -2.53. The van der Waals surface area contributed by atoms with Gasteiger partial charge < -0.3 is 25.2 Å². The molecule has 0 aromatic carbocycles. The van der Waals surface area contributed by atoms with Crippen LogP contribution in [0.25, 0.3) is 0 Å². The van der Waals surface area contributed by atoms with Crippen LogP contribution in [0.5, 0.6) is 0 Å². The predicted molar refractivity (Wildman–Crippen MR) is 96.5 cm³/mol. The average molecular weight is 373 g/mol. The molecule has 1 atom stereocenters. The molecule has 1 aromatic rings. The number of allylic oxidation sites excluding steroid dienone is 1. The van der Waals surface area contributed by atoms with E-state index in [-0.39, 0.29) is 18.0 Å². The molecule has 0 saturated carbocycles. The number of amides is 4. The first-order chi connectivity index (χ1) is 13.0. The van der Waals surface area contributed by atoms with Gasteiger partial charge in [-0.2, -0.15) is 0 Å². The Morgan fingerprint density at radius 2 is 1.96 bits per heavy atom. The highest BCUT2D eigenvalue weighted by Crippen LogP contribution is 2.28. The van der Waals surface area contributed by atoms with Crippen molar-refractivity contribution in [3.63, 3.8) is 0 Å². The molecule has 0 spiro atoms. The van der Waals surface area contributed by atoms with Crippen molar-refractivity contribution < 1.29 is 19.1 Å². The standard InChI is InChI=1S/C18H23N5O4/c1-3-27-18(26)23-9-7-22(8-10-23)16(24)14-12(2)20-17(25)21-15(14)13-5-4-6-19-11-13/h4-6,11,15H,3,7-10H2,1-2H3,(H2,20,21,25)/t15-/m1/s1. The molecule has 2 aliphatic rings. The van der Waals surface area contributed by atoms with E-state index in [2.05, 4.69) is 15.6 Å². The van der Waals surface area contributed by atoms with Crippen LogP contribution in [0.4, 0.5) is 9.59 Å². The highest BCUT2D eigenvalue weighted by atomic mass is 16.6. The molecule has 3 heterocycles. The van der Waals surface area contributed by atoms with Crippen LogP contribution in [0.15, 0.2) is 35.8 Å². The van der Waals surface area contributed by atoms with Crippen molar-refractivity contribution in [3.8, 4) is 0 Å². The molecule has 4 amide bonds. The lowest BCUT2D eigenvalue weighted by molar-refractivity contribution is -0.129. The number of ether oxygens (including phenoxy) is 1. The molecular weight excluding hydrogens is 350 g/mol. The number of urea groups is 1. The van der Waals surface area contributed by atoms with E-state index in [1.165, 1.54) is 0 Å². The summed E-state index contributed by atoms with van der Waals surface area (Å²) in [6.07, 6.45) is 2.91. The third-order valence-electron chi connectivity index (χ3n) is 4.61. The van der Waals surface area contributed by atoms with Gasteiger partial charge in [-0.15, -0.1) is 0 Å². The van der Waals surface area contributed by atoms with Crippen molar-refractivity contribution in [1.82, 2.24) is 25.4 Å². The molecule has 9 nitrogen and oxygen atoms in total. The Labute approximate surface area is 157 Å². The van der Waals surface area contributed by atoms with Crippen LogP contribution in [-0.4, -0.2) is 65.6 Å². The van der Waals surface area contributed by atoms with Crippen LogP contribution < -0.4 is 10.6 Å². The number of hydrogen-bond acceptors (Lipinski definition) is 5. The molecule has 1 fully saturated rings. The summed E-state index contributed by atoms with van der Waals surface area (Å²) in [6.45, 7) is 5.43. The molecule has 0 bridgehead atoms. The van der Waals surface area contributed by atoms with Gasteiger partial charge >= 0.3 is 12.1 Å². The van der Waals surface area contributed by atoms with E-state index in [1.807, 2.05) is 6.07 Å². The zero-order valence-corrected chi connectivity index (χ0v) is 15.4. The number of carbonyl (C=O) groups is 3. The predicted octanol–water partition coefficient (Wildman–Crippen LogP) is 1.01. The molecule has 1 aromatic heterocycles. The first-order valence-electron chi connectivity index (χ1n) is 8.90. The zero-order valence-electron chi connectivity index (χ0n) is 15.4. The molecule has 2 aliphatic heterocycles. The van der Waals surface area contributed by atoms with E-state index in [4.69, 9.17) is 4.74 Å². The van der Waals surface area contributed by atoms with Crippen molar-refractivity contribution in [2.24, 2.45) is 0 Å². The van der Waals surface area contributed by atoms with Crippen LogP contribution in [0.1, 0.15) is 25.5 Å². The summed E-state index contributed by atoms with van der Waals surface area (Å²) in [7, 11) is 0. The topological polar surface area (TPSA) is 104 Å². The Kier molecular flexibility index (Phi) is 5.58. The lowest BCUT2D eigenvalue weighted by atomic mass is 9.95. The zero-order chi connectivity index (χ0) is 19.4. The maximum atomic E-state index is 13.2. The molecule has 2 N–H and O–H groups in total. The van der Waals surface area contributed by atoms with Gasteiger partial charge in [-0.25, -0.2) is 9.59 Å². The number of aromatic nitrogens is 1. The van der Waals surface area contributed by atoms with Crippen LogP contribution in [-0.2, 0) is 9.53 Å². The molecule has 0 radical (unpaired) electrons. The van der Waals surface area contributed by atoms with Crippen molar-refractivity contribution in [3.05, 3.63) is 41.4 Å². The smallest absolute Gasteiger partial charge is 0.409 e. The van der Waals surface area contributed by atoms with Crippen molar-refractivity contribution >= 4 is 18.0 Å². The quantitative estimate of drug-likeness (QED) is 0.823. The van der Waals surface area contributed by atoms with Gasteiger partial charge in [0.1, 0.15) is 0 Å². The van der Waals surface area contributed by atoms with Crippen LogP contribution in [0.2, 0.25) is 0 Å². The van der Waals surface area contributed by atoms with Crippen molar-refractivity contribution in [1.29, 1.82) is 0 Å². The molecule has 144 valence electrons. The van der Waals surface area contributed by atoms with Crippen LogP contribution >= 0.6 is 0 Å². The van der Waals surface area contributed by atoms with Gasteiger partial charge in [0.05, 0.1) is 18.2 Å². The first kappa shape index (κ1) is 18.7. The normalized spacial score (nSPS) is 20.1. The van der Waals surface area contributed by atoms with Gasteiger partial charge in [0.2, 0.25) is 0 Å². The van der Waals surface area contributed by atoms with Gasteiger partial charge in [-0.1, -0.05) is 6.07 Å². The minimum Gasteiger partial charge on any atom is -0.450 e. The molecule has 3 rings (SSSR count). The Morgan fingerprint density at radius 1 is 1.26 bits per heavy atom. The summed E-state index contributed by atoms with van der Waals surface area (Å²) >= 11 is 0. The average Bonchev–Trinajstić information content (AvgIpc) is 2.68. The fourth-order valence-corrected chi connectivity index (χ4v) is 3.25. The SMILES string of the molecule is CCOC(=O)N1CCN(C(=O)C2=C(C)NC(=O)N[C@@H]2c2cccnc2)CC1. The van der Waals surface area contributed by atoms with E-state index in [0.717, 1.165) is 5.56 Å². The summed E-state index contributed by atoms with van der Waals surface area (Å²) in [5.41, 5.74) is 1.73. The second-order valence-electron chi connectivity index (χ2n) is 6.33. The Morgan fingerprint density at radius 3 is 2.59 bits per heavy atom. The fraction of sp³-hybridized carbons (Fsp3) is 0.444. The van der Waals surface area contributed by atoms with Crippen LogP contribution in [0.3, 0.4) is 0 Å². The highest BCUT2D eigenvalue weighted by Gasteiger charge is 2.35. The number of rotatable bonds is 3. The van der Waals surface area contributed by atoms with Gasteiger partial charge in [0.15, 0.2) is 0 Å². The van der Waals surface area contributed by atoms with E-state index >= 15 is 0 Å². The number of nitrogens with zero attached hydrogens (tertiary/aromatic N) is 3. The molecule has 9 heteroatoms. The van der Waals surface area contributed by atoms with Crippen LogP contribution in [0, 0.1) is 0 Å². The number of pyridine rings is 1. The first-order valence-corrected chi connectivity index (χ1v) is 8.90. The largest absolute Gasteiger partial charge is 0.450 e. The Hall–Kier alpha value is -3.10. The van der Waals surface area contributed by atoms with Gasteiger partial charge in [-0.3, -0.25) is 9.78 Å². The van der Waals surface area contributed by atoms with Gasteiger partial charge in [-0.05, 0) is 25.5 Å². The summed E-state index contributed by atoms with van der Waals surface area (Å²) in [6, 6.07) is 2.66. The monoisotopic (exact) mass is 373 g/mol. The number of hydrogen-bond donors (Lipinski definition) is 2. The van der Waals surface area contributed by atoms with Crippen molar-refractivity contribution in [2.45, 2.75) is 19.9 Å². The van der Waals surface area contributed by atoms with E-state index in [9.17, 15) is 14.4 Å². The summed E-state index contributed by atoms with van der Waals surface area (Å²) in [4.78, 5) is 44.3. The highest BCUT2D eigenvalue weighted by molar-refractivity contribution is 5.98. The Balaban J connectivity index is 1.77. The third-order valence-corrected chi connectivity index (χ3v) is 4.61.